The van der Waals surface area contributed by atoms with E-state index in [1.807, 2.05) is 61.6 Å². The lowest BCUT2D eigenvalue weighted by Gasteiger charge is -2.22. The smallest absolute Gasteiger partial charge is 0.240 e. The molecule has 0 radical (unpaired) electrons. The average Bonchev–Trinajstić information content (AvgIpc) is 3.17. The van der Waals surface area contributed by atoms with Crippen molar-refractivity contribution in [1.82, 2.24) is 4.72 Å². The van der Waals surface area contributed by atoms with Gasteiger partial charge in [0.1, 0.15) is 0 Å². The summed E-state index contributed by atoms with van der Waals surface area (Å²) in [5.74, 6) is 0. The molecule has 0 fully saturated rings. The number of sulfonamides is 1. The predicted molar refractivity (Wildman–Crippen MR) is 104 cm³/mol. The normalized spacial score (nSPS) is 18.4. The monoisotopic (exact) mass is 369 g/mol. The Bertz CT molecular complexity index is 871. The highest BCUT2D eigenvalue weighted by atomic mass is 32.2. The predicted octanol–water partition coefficient (Wildman–Crippen LogP) is 3.70. The van der Waals surface area contributed by atoms with Gasteiger partial charge in [-0.15, -0.1) is 0 Å². The topological polar surface area (TPSA) is 55.4 Å². The summed E-state index contributed by atoms with van der Waals surface area (Å²) in [6.45, 7) is 2.44. The third kappa shape index (κ3) is 4.91. The summed E-state index contributed by atoms with van der Waals surface area (Å²) in [7, 11) is -3.61. The number of hydrogen-bond donors (Lipinski definition) is 1. The second-order valence-corrected chi connectivity index (χ2v) is 8.03. The van der Waals surface area contributed by atoms with Gasteiger partial charge in [-0.05, 0) is 31.0 Å². The number of benzene rings is 2. The van der Waals surface area contributed by atoms with Gasteiger partial charge in [0.25, 0.3) is 0 Å². The van der Waals surface area contributed by atoms with E-state index in [0.29, 0.717) is 13.0 Å². The van der Waals surface area contributed by atoms with Gasteiger partial charge in [-0.3, -0.25) is 0 Å². The molecule has 4 nitrogen and oxygen atoms in total. The highest BCUT2D eigenvalue weighted by Crippen LogP contribution is 2.17. The number of nitrogens with one attached hydrogen (secondary N) is 1. The molecule has 0 saturated heterocycles. The summed E-state index contributed by atoms with van der Waals surface area (Å²) in [6.07, 6.45) is 8.07. The fraction of sp³-hybridized carbons (Fsp3) is 0.238. The van der Waals surface area contributed by atoms with Crippen LogP contribution in [-0.4, -0.2) is 27.2 Å². The Morgan fingerprint density at radius 2 is 1.88 bits per heavy atom. The van der Waals surface area contributed by atoms with Crippen LogP contribution in [0.15, 0.2) is 77.7 Å². The summed E-state index contributed by atoms with van der Waals surface area (Å²) in [5, 5.41) is 0. The maximum Gasteiger partial charge on any atom is 0.240 e. The van der Waals surface area contributed by atoms with Crippen LogP contribution in [0.5, 0.6) is 0 Å². The molecule has 0 spiro atoms. The Hall–Kier alpha value is -2.21. The minimum Gasteiger partial charge on any atom is -0.368 e. The number of rotatable bonds is 7. The van der Waals surface area contributed by atoms with E-state index in [1.165, 1.54) is 0 Å². The standard InChI is InChI=1S/C21H23NO3S/c1-17-12-14-19(15-13-17)26(23,24)22-20(21-11-6-16-25-21)10-5-9-18-7-3-2-4-8-18/h2-9,11-15,20-22H,10,16H2,1H3/b9-5+/t20-,21+/m0/s1. The van der Waals surface area contributed by atoms with Crippen molar-refractivity contribution >= 4 is 16.1 Å². The van der Waals surface area contributed by atoms with Gasteiger partial charge in [0.15, 0.2) is 0 Å². The van der Waals surface area contributed by atoms with Crippen LogP contribution in [-0.2, 0) is 14.8 Å². The van der Waals surface area contributed by atoms with Crippen molar-refractivity contribution in [2.24, 2.45) is 0 Å². The first kappa shape index (κ1) is 18.6. The van der Waals surface area contributed by atoms with Gasteiger partial charge in [-0.1, -0.05) is 72.3 Å². The molecule has 0 amide bonds. The third-order valence-corrected chi connectivity index (χ3v) is 5.75. The van der Waals surface area contributed by atoms with E-state index in [9.17, 15) is 8.42 Å². The maximum absolute atomic E-state index is 12.7. The molecule has 1 aliphatic heterocycles. The number of aryl methyl sites for hydroxylation is 1. The summed E-state index contributed by atoms with van der Waals surface area (Å²) in [5.41, 5.74) is 2.10. The molecule has 2 atom stereocenters. The molecule has 1 heterocycles. The summed E-state index contributed by atoms with van der Waals surface area (Å²) < 4.78 is 33.9. The molecule has 136 valence electrons. The lowest BCUT2D eigenvalue weighted by atomic mass is 10.1. The van der Waals surface area contributed by atoms with E-state index in [4.69, 9.17) is 4.74 Å². The molecule has 5 heteroatoms. The number of hydrogen-bond acceptors (Lipinski definition) is 3. The summed E-state index contributed by atoms with van der Waals surface area (Å²) in [6, 6.07) is 16.4. The first-order chi connectivity index (χ1) is 12.5. The van der Waals surface area contributed by atoms with Crippen LogP contribution in [0, 0.1) is 6.92 Å². The highest BCUT2D eigenvalue weighted by Gasteiger charge is 2.27. The molecule has 2 aromatic carbocycles. The highest BCUT2D eigenvalue weighted by molar-refractivity contribution is 7.89. The first-order valence-corrected chi connectivity index (χ1v) is 10.1. The van der Waals surface area contributed by atoms with E-state index in [2.05, 4.69) is 4.72 Å². The van der Waals surface area contributed by atoms with Crippen LogP contribution in [0.3, 0.4) is 0 Å². The fourth-order valence-electron chi connectivity index (χ4n) is 2.81. The van der Waals surface area contributed by atoms with E-state index < -0.39 is 10.0 Å². The lowest BCUT2D eigenvalue weighted by molar-refractivity contribution is 0.103. The summed E-state index contributed by atoms with van der Waals surface area (Å²) >= 11 is 0. The lowest BCUT2D eigenvalue weighted by Crippen LogP contribution is -2.42. The molecule has 0 aliphatic carbocycles. The molecule has 1 N–H and O–H groups in total. The number of ether oxygens (including phenoxy) is 1. The average molecular weight is 369 g/mol. The SMILES string of the molecule is Cc1ccc(S(=O)(=O)N[C@@H](C/C=C/c2ccccc2)[C@H]2C=CCO2)cc1. The van der Waals surface area contributed by atoms with E-state index in [0.717, 1.165) is 11.1 Å². The molecule has 0 unspecified atom stereocenters. The van der Waals surface area contributed by atoms with Crippen LogP contribution >= 0.6 is 0 Å². The summed E-state index contributed by atoms with van der Waals surface area (Å²) in [4.78, 5) is 0.266. The molecule has 0 bridgehead atoms. The molecule has 26 heavy (non-hydrogen) atoms. The van der Waals surface area contributed by atoms with E-state index >= 15 is 0 Å². The second-order valence-electron chi connectivity index (χ2n) is 6.32. The van der Waals surface area contributed by atoms with Gasteiger partial charge in [0.2, 0.25) is 10.0 Å². The third-order valence-electron chi connectivity index (χ3n) is 4.24. The van der Waals surface area contributed by atoms with Gasteiger partial charge in [-0.25, -0.2) is 13.1 Å². The van der Waals surface area contributed by atoms with Crippen molar-refractivity contribution < 1.29 is 13.2 Å². The first-order valence-electron chi connectivity index (χ1n) is 8.63. The quantitative estimate of drug-likeness (QED) is 0.757. The van der Waals surface area contributed by atoms with Crippen LogP contribution in [0.4, 0.5) is 0 Å². The van der Waals surface area contributed by atoms with Crippen LogP contribution in [0.1, 0.15) is 17.5 Å². The van der Waals surface area contributed by atoms with Gasteiger partial charge in [-0.2, -0.15) is 0 Å². The van der Waals surface area contributed by atoms with Gasteiger partial charge in [0.05, 0.1) is 23.6 Å². The maximum atomic E-state index is 12.7. The molecular formula is C21H23NO3S. The van der Waals surface area contributed by atoms with Crippen LogP contribution < -0.4 is 4.72 Å². The fourth-order valence-corrected chi connectivity index (χ4v) is 4.07. The molecule has 1 aliphatic rings. The zero-order chi connectivity index (χ0) is 18.4. The molecule has 3 rings (SSSR count). The van der Waals surface area contributed by atoms with Crippen molar-refractivity contribution in [3.63, 3.8) is 0 Å². The Morgan fingerprint density at radius 3 is 2.54 bits per heavy atom. The van der Waals surface area contributed by atoms with Crippen LogP contribution in [0.2, 0.25) is 0 Å². The van der Waals surface area contributed by atoms with Crippen molar-refractivity contribution in [2.45, 2.75) is 30.4 Å². The van der Waals surface area contributed by atoms with E-state index in [1.54, 1.807) is 24.3 Å². The Morgan fingerprint density at radius 1 is 1.15 bits per heavy atom. The van der Waals surface area contributed by atoms with Gasteiger partial charge in [0, 0.05) is 0 Å². The Kier molecular flexibility index (Phi) is 6.04. The van der Waals surface area contributed by atoms with Crippen molar-refractivity contribution in [3.8, 4) is 0 Å². The second kappa shape index (κ2) is 8.45. The minimum atomic E-state index is -3.61. The Balaban J connectivity index is 1.74. The zero-order valence-electron chi connectivity index (χ0n) is 14.7. The zero-order valence-corrected chi connectivity index (χ0v) is 15.5. The van der Waals surface area contributed by atoms with Gasteiger partial charge < -0.3 is 4.74 Å². The minimum absolute atomic E-state index is 0.266. The Labute approximate surface area is 155 Å². The van der Waals surface area contributed by atoms with Gasteiger partial charge >= 0.3 is 0 Å². The largest absolute Gasteiger partial charge is 0.368 e. The van der Waals surface area contributed by atoms with Crippen molar-refractivity contribution in [1.29, 1.82) is 0 Å². The molecular weight excluding hydrogens is 346 g/mol. The van der Waals surface area contributed by atoms with E-state index in [-0.39, 0.29) is 17.0 Å². The molecule has 0 saturated carbocycles. The molecule has 2 aromatic rings. The van der Waals surface area contributed by atoms with Crippen molar-refractivity contribution in [2.75, 3.05) is 6.61 Å². The molecule has 0 aromatic heterocycles. The van der Waals surface area contributed by atoms with Crippen molar-refractivity contribution in [3.05, 3.63) is 84.0 Å². The van der Waals surface area contributed by atoms with Crippen LogP contribution in [0.25, 0.3) is 6.08 Å².